The van der Waals surface area contributed by atoms with Crippen molar-refractivity contribution in [2.24, 2.45) is 5.92 Å². The Morgan fingerprint density at radius 2 is 2.04 bits per heavy atom. The molecule has 25 heavy (non-hydrogen) atoms. The van der Waals surface area contributed by atoms with Gasteiger partial charge in [0, 0.05) is 43.9 Å². The van der Waals surface area contributed by atoms with Gasteiger partial charge in [-0.05, 0) is 20.2 Å². The average Bonchev–Trinajstić information content (AvgIpc) is 3.16. The van der Waals surface area contributed by atoms with Crippen LogP contribution in [0, 0.1) is 5.92 Å². The van der Waals surface area contributed by atoms with E-state index >= 15 is 0 Å². The lowest BCUT2D eigenvalue weighted by Gasteiger charge is -2.25. The van der Waals surface area contributed by atoms with Gasteiger partial charge in [0.15, 0.2) is 9.84 Å². The third kappa shape index (κ3) is 4.57. The minimum Gasteiger partial charge on any atom is -0.481 e. The minimum absolute atomic E-state index is 0.00459. The lowest BCUT2D eigenvalue weighted by atomic mass is 10.00. The minimum atomic E-state index is -3.10. The van der Waals surface area contributed by atoms with Crippen LogP contribution < -0.4 is 0 Å². The molecule has 0 saturated carbocycles. The van der Waals surface area contributed by atoms with E-state index in [4.69, 9.17) is 9.90 Å². The second kappa shape index (κ2) is 7.52. The molecule has 140 valence electrons. The van der Waals surface area contributed by atoms with E-state index in [-0.39, 0.29) is 30.0 Å². The maximum Gasteiger partial charge on any atom is 0.300 e. The molecule has 0 aliphatic carbocycles. The molecule has 0 radical (unpaired) electrons. The summed E-state index contributed by atoms with van der Waals surface area (Å²) >= 11 is 0. The molecule has 0 spiro atoms. The first-order valence-corrected chi connectivity index (χ1v) is 9.67. The van der Waals surface area contributed by atoms with Crippen molar-refractivity contribution in [2.45, 2.75) is 24.6 Å². The number of sulfone groups is 1. The zero-order valence-electron chi connectivity index (χ0n) is 14.5. The second-order valence-electron chi connectivity index (χ2n) is 6.64. The summed E-state index contributed by atoms with van der Waals surface area (Å²) in [7, 11) is 0.699. The van der Waals surface area contributed by atoms with Crippen LogP contribution in [0.3, 0.4) is 0 Å². The number of aromatic amines is 1. The van der Waals surface area contributed by atoms with E-state index in [1.807, 2.05) is 19.0 Å². The number of carboxylic acids is 1. The monoisotopic (exact) mass is 372 g/mol. The van der Waals surface area contributed by atoms with Crippen LogP contribution in [0.25, 0.3) is 0 Å². The number of H-pyrrole nitrogens is 1. The molecule has 1 aromatic rings. The van der Waals surface area contributed by atoms with Gasteiger partial charge in [-0.3, -0.25) is 14.7 Å². The largest absolute Gasteiger partial charge is 0.481 e. The van der Waals surface area contributed by atoms with Crippen molar-refractivity contribution in [1.29, 1.82) is 0 Å². The van der Waals surface area contributed by atoms with Gasteiger partial charge in [0.25, 0.3) is 5.97 Å². The van der Waals surface area contributed by atoms with Gasteiger partial charge >= 0.3 is 0 Å². The third-order valence-corrected chi connectivity index (χ3v) is 6.81. The molecule has 2 saturated heterocycles. The van der Waals surface area contributed by atoms with Crippen molar-refractivity contribution in [1.82, 2.24) is 20.0 Å². The number of likely N-dealkylation sites (tertiary alicyclic amines) is 1. The Morgan fingerprint density at radius 3 is 2.56 bits per heavy atom. The Bertz CT molecular complexity index is 712. The van der Waals surface area contributed by atoms with Gasteiger partial charge in [0.05, 0.1) is 17.4 Å². The Kier molecular flexibility index (Phi) is 5.83. The van der Waals surface area contributed by atoms with Crippen molar-refractivity contribution in [2.75, 3.05) is 32.9 Å². The number of nitrogens with one attached hydrogen (secondary N) is 1. The Hall–Kier alpha value is -1.94. The Balaban J connectivity index is 0.000000511. The number of rotatable bonds is 3. The number of carbonyl (C=O) groups excluding carboxylic acids is 1. The molecule has 1 amide bonds. The first kappa shape index (κ1) is 19.4. The van der Waals surface area contributed by atoms with Crippen molar-refractivity contribution < 1.29 is 23.1 Å². The predicted molar refractivity (Wildman–Crippen MR) is 90.7 cm³/mol. The molecule has 3 atom stereocenters. The molecule has 3 rings (SSSR count). The first-order chi connectivity index (χ1) is 11.6. The summed E-state index contributed by atoms with van der Waals surface area (Å²) in [5.41, 5.74) is 0.754. The number of hydrogen-bond acceptors (Lipinski definition) is 6. The molecule has 3 heterocycles. The van der Waals surface area contributed by atoms with Gasteiger partial charge < -0.3 is 14.9 Å². The van der Waals surface area contributed by atoms with Gasteiger partial charge in [-0.2, -0.15) is 5.10 Å². The summed E-state index contributed by atoms with van der Waals surface area (Å²) < 4.78 is 24.5. The van der Waals surface area contributed by atoms with Crippen LogP contribution in [0.2, 0.25) is 0 Å². The number of aliphatic carboxylic acids is 1. The van der Waals surface area contributed by atoms with E-state index in [9.17, 15) is 13.2 Å². The first-order valence-electron chi connectivity index (χ1n) is 7.95. The topological polar surface area (TPSA) is 124 Å². The van der Waals surface area contributed by atoms with Crippen molar-refractivity contribution in [3.63, 3.8) is 0 Å². The molecule has 0 aromatic carbocycles. The van der Waals surface area contributed by atoms with Crippen molar-refractivity contribution >= 4 is 21.7 Å². The van der Waals surface area contributed by atoms with Crippen LogP contribution in [0.4, 0.5) is 0 Å². The summed E-state index contributed by atoms with van der Waals surface area (Å²) in [5.74, 6) is -0.644. The average molecular weight is 372 g/mol. The second-order valence-corrected chi connectivity index (χ2v) is 8.90. The van der Waals surface area contributed by atoms with E-state index in [0.29, 0.717) is 13.1 Å². The van der Waals surface area contributed by atoms with Crippen LogP contribution in [0.1, 0.15) is 12.6 Å². The molecular formula is C15H24N4O5S. The maximum atomic E-state index is 12.3. The predicted octanol–water partition coefficient (Wildman–Crippen LogP) is -0.771. The highest BCUT2D eigenvalue weighted by Gasteiger charge is 2.53. The molecule has 0 unspecified atom stereocenters. The smallest absolute Gasteiger partial charge is 0.300 e. The Labute approximate surface area is 146 Å². The van der Waals surface area contributed by atoms with Crippen LogP contribution in [-0.4, -0.2) is 89.6 Å². The molecule has 1 aromatic heterocycles. The number of carboxylic acid groups (broad SMARTS) is 1. The zero-order valence-corrected chi connectivity index (χ0v) is 15.4. The van der Waals surface area contributed by atoms with Crippen LogP contribution >= 0.6 is 0 Å². The molecule has 0 bridgehead atoms. The fourth-order valence-corrected chi connectivity index (χ4v) is 5.90. The number of hydrogen-bond donors (Lipinski definition) is 2. The van der Waals surface area contributed by atoms with E-state index in [1.165, 1.54) is 0 Å². The molecule has 2 aliphatic rings. The fourth-order valence-electron chi connectivity index (χ4n) is 3.43. The van der Waals surface area contributed by atoms with Crippen molar-refractivity contribution in [3.8, 4) is 0 Å². The summed E-state index contributed by atoms with van der Waals surface area (Å²) in [6.07, 6.45) is 1.85. The molecule has 2 aliphatic heterocycles. The quantitative estimate of drug-likeness (QED) is 0.714. The molecule has 2 N–H and O–H groups in total. The van der Waals surface area contributed by atoms with Gasteiger partial charge in [-0.1, -0.05) is 0 Å². The lowest BCUT2D eigenvalue weighted by Crippen LogP contribution is -2.39. The number of aromatic nitrogens is 2. The van der Waals surface area contributed by atoms with E-state index in [1.54, 1.807) is 17.2 Å². The summed E-state index contributed by atoms with van der Waals surface area (Å²) in [6.45, 7) is 1.93. The maximum absolute atomic E-state index is 12.3. The van der Waals surface area contributed by atoms with Gasteiger partial charge in [0.1, 0.15) is 0 Å². The van der Waals surface area contributed by atoms with E-state index < -0.39 is 21.1 Å². The van der Waals surface area contributed by atoms with E-state index in [0.717, 1.165) is 12.6 Å². The van der Waals surface area contributed by atoms with Crippen molar-refractivity contribution in [3.05, 3.63) is 18.0 Å². The standard InChI is InChI=1S/C13H20N4O3S.C2H4O2/c1-16(2)11-8-21(19,20)12-7-17(6-10(11)12)13(18)5-9-3-4-14-15-9;1-2(3)4/h3-4,10-12H,5-8H2,1-2H3,(H,14,15);1H3,(H,3,4)/t10-,11+,12-;/m0./s1. The highest BCUT2D eigenvalue weighted by molar-refractivity contribution is 7.92. The summed E-state index contributed by atoms with van der Waals surface area (Å²) in [6, 6.07) is 1.76. The van der Waals surface area contributed by atoms with Gasteiger partial charge in [0.2, 0.25) is 5.91 Å². The Morgan fingerprint density at radius 1 is 1.40 bits per heavy atom. The lowest BCUT2D eigenvalue weighted by molar-refractivity contribution is -0.134. The molecule has 2 fully saturated rings. The molecule has 10 heteroatoms. The van der Waals surface area contributed by atoms with Gasteiger partial charge in [-0.25, -0.2) is 8.42 Å². The zero-order chi connectivity index (χ0) is 18.8. The van der Waals surface area contributed by atoms with Crippen LogP contribution in [0.5, 0.6) is 0 Å². The number of amides is 1. The van der Waals surface area contributed by atoms with Crippen LogP contribution in [-0.2, 0) is 25.8 Å². The number of nitrogens with zero attached hydrogens (tertiary/aromatic N) is 3. The molecule has 9 nitrogen and oxygen atoms in total. The van der Waals surface area contributed by atoms with Gasteiger partial charge in [-0.15, -0.1) is 0 Å². The summed E-state index contributed by atoms with van der Waals surface area (Å²) in [4.78, 5) is 24.9. The number of carbonyl (C=O) groups is 2. The SMILES string of the molecule is CC(=O)O.CN(C)[C@@H]1CS(=O)(=O)[C@H]2CN(C(=O)Cc3ccn[nH]3)C[C@@H]12. The summed E-state index contributed by atoms with van der Waals surface area (Å²) in [5, 5.41) is 13.6. The third-order valence-electron chi connectivity index (χ3n) is 4.58. The highest BCUT2D eigenvalue weighted by atomic mass is 32.2. The van der Waals surface area contributed by atoms with E-state index in [2.05, 4.69) is 10.2 Å². The highest BCUT2D eigenvalue weighted by Crippen LogP contribution is 2.36. The van der Waals surface area contributed by atoms with Crippen LogP contribution in [0.15, 0.2) is 12.3 Å². The molecular weight excluding hydrogens is 348 g/mol. The fraction of sp³-hybridized carbons (Fsp3) is 0.667. The normalized spacial score (nSPS) is 26.9. The number of fused-ring (bicyclic) bond motifs is 1.